The second-order valence-corrected chi connectivity index (χ2v) is 8.51. The van der Waals surface area contributed by atoms with Crippen LogP contribution in [0.15, 0.2) is 36.7 Å². The SMILES string of the molecule is COc1ccc(F)cc1-c1cnn2ccc(N3CCN(C(=O)[C@@H](N)CC(C)C)CC3)nc12. The number of methoxy groups -OCH3 is 1. The first kappa shape index (κ1) is 22.0. The van der Waals surface area contributed by atoms with Crippen molar-refractivity contribution in [2.45, 2.75) is 26.3 Å². The number of fused-ring (bicyclic) bond motifs is 1. The third-order valence-electron chi connectivity index (χ3n) is 5.76. The molecule has 170 valence electrons. The minimum Gasteiger partial charge on any atom is -0.496 e. The molecule has 0 bridgehead atoms. The number of carbonyl (C=O) groups excluding carboxylic acids is 1. The second kappa shape index (κ2) is 9.12. The first-order valence-electron chi connectivity index (χ1n) is 10.8. The van der Waals surface area contributed by atoms with E-state index in [-0.39, 0.29) is 11.7 Å². The number of anilines is 1. The van der Waals surface area contributed by atoms with Gasteiger partial charge in [0.05, 0.1) is 24.9 Å². The van der Waals surface area contributed by atoms with Crippen LogP contribution in [0.3, 0.4) is 0 Å². The van der Waals surface area contributed by atoms with Crippen LogP contribution in [0.5, 0.6) is 5.75 Å². The number of carbonyl (C=O) groups is 1. The Morgan fingerprint density at radius 1 is 1.19 bits per heavy atom. The molecule has 1 aliphatic heterocycles. The summed E-state index contributed by atoms with van der Waals surface area (Å²) in [4.78, 5) is 21.4. The molecule has 8 nitrogen and oxygen atoms in total. The number of hydrogen-bond donors (Lipinski definition) is 1. The van der Waals surface area contributed by atoms with Crippen LogP contribution >= 0.6 is 0 Å². The van der Waals surface area contributed by atoms with Crippen molar-refractivity contribution in [1.29, 1.82) is 0 Å². The Balaban J connectivity index is 1.54. The Bertz CT molecular complexity index is 1110. The molecule has 1 aromatic carbocycles. The molecule has 3 aromatic rings. The summed E-state index contributed by atoms with van der Waals surface area (Å²) >= 11 is 0. The highest BCUT2D eigenvalue weighted by molar-refractivity contribution is 5.82. The summed E-state index contributed by atoms with van der Waals surface area (Å²) in [6.07, 6.45) is 4.18. The van der Waals surface area contributed by atoms with Crippen LogP contribution in [0.2, 0.25) is 0 Å². The molecule has 1 saturated heterocycles. The number of amides is 1. The van der Waals surface area contributed by atoms with E-state index >= 15 is 0 Å². The van der Waals surface area contributed by atoms with Crippen LogP contribution in [-0.4, -0.2) is 64.7 Å². The first-order valence-corrected chi connectivity index (χ1v) is 10.8. The molecule has 0 unspecified atom stereocenters. The highest BCUT2D eigenvalue weighted by Gasteiger charge is 2.26. The molecule has 1 amide bonds. The molecule has 0 spiro atoms. The summed E-state index contributed by atoms with van der Waals surface area (Å²) in [6, 6.07) is 5.83. The number of ether oxygens (including phenoxy) is 1. The van der Waals surface area contributed by atoms with Gasteiger partial charge in [0.2, 0.25) is 5.91 Å². The molecule has 1 atom stereocenters. The number of benzene rings is 1. The molecular weight excluding hydrogens is 411 g/mol. The van der Waals surface area contributed by atoms with Crippen molar-refractivity contribution in [3.63, 3.8) is 0 Å². The smallest absolute Gasteiger partial charge is 0.239 e. The standard InChI is InChI=1S/C23H29FN6O2/c1-15(2)12-19(25)23(31)29-10-8-28(9-11-29)21-6-7-30-22(27-21)18(14-26-30)17-13-16(24)4-5-20(17)32-3/h4-7,13-15,19H,8-12,25H2,1-3H3/t19-/m0/s1. The van der Waals surface area contributed by atoms with E-state index in [1.807, 2.05) is 17.2 Å². The molecule has 3 heterocycles. The Morgan fingerprint density at radius 3 is 2.62 bits per heavy atom. The van der Waals surface area contributed by atoms with Crippen LogP contribution in [0.1, 0.15) is 20.3 Å². The number of hydrogen-bond acceptors (Lipinski definition) is 6. The van der Waals surface area contributed by atoms with Gasteiger partial charge in [0.25, 0.3) is 0 Å². The van der Waals surface area contributed by atoms with Gasteiger partial charge in [-0.2, -0.15) is 5.10 Å². The number of rotatable bonds is 6. The van der Waals surface area contributed by atoms with Crippen molar-refractivity contribution in [3.8, 4) is 16.9 Å². The monoisotopic (exact) mass is 440 g/mol. The topological polar surface area (TPSA) is 89.0 Å². The van der Waals surface area contributed by atoms with Gasteiger partial charge < -0.3 is 20.3 Å². The molecule has 0 radical (unpaired) electrons. The normalized spacial score (nSPS) is 15.4. The molecule has 0 aliphatic carbocycles. The lowest BCUT2D eigenvalue weighted by Gasteiger charge is -2.36. The summed E-state index contributed by atoms with van der Waals surface area (Å²) in [5, 5.41) is 4.36. The minimum absolute atomic E-state index is 0.0121. The number of nitrogens with zero attached hydrogens (tertiary/aromatic N) is 5. The van der Waals surface area contributed by atoms with Crippen molar-refractivity contribution in [2.24, 2.45) is 11.7 Å². The number of halogens is 1. The van der Waals surface area contributed by atoms with Crippen molar-refractivity contribution in [1.82, 2.24) is 19.5 Å². The van der Waals surface area contributed by atoms with Crippen LogP contribution in [0.25, 0.3) is 16.8 Å². The maximum Gasteiger partial charge on any atom is 0.239 e. The lowest BCUT2D eigenvalue weighted by atomic mass is 10.0. The van der Waals surface area contributed by atoms with E-state index < -0.39 is 6.04 Å². The zero-order valence-electron chi connectivity index (χ0n) is 18.7. The summed E-state index contributed by atoms with van der Waals surface area (Å²) < 4.78 is 21.0. The van der Waals surface area contributed by atoms with E-state index in [1.165, 1.54) is 12.1 Å². The summed E-state index contributed by atoms with van der Waals surface area (Å²) in [7, 11) is 1.55. The van der Waals surface area contributed by atoms with Gasteiger partial charge in [-0.1, -0.05) is 13.8 Å². The molecule has 32 heavy (non-hydrogen) atoms. The average molecular weight is 441 g/mol. The van der Waals surface area contributed by atoms with Gasteiger partial charge in [0, 0.05) is 37.9 Å². The van der Waals surface area contributed by atoms with E-state index in [4.69, 9.17) is 15.5 Å². The lowest BCUT2D eigenvalue weighted by Crippen LogP contribution is -2.53. The lowest BCUT2D eigenvalue weighted by molar-refractivity contribution is -0.133. The van der Waals surface area contributed by atoms with Gasteiger partial charge in [-0.25, -0.2) is 13.9 Å². The van der Waals surface area contributed by atoms with Gasteiger partial charge in [-0.3, -0.25) is 4.79 Å². The number of aromatic nitrogens is 3. The Hall–Kier alpha value is -3.20. The number of nitrogens with two attached hydrogens (primary N) is 1. The fourth-order valence-electron chi connectivity index (χ4n) is 4.12. The highest BCUT2D eigenvalue weighted by atomic mass is 19.1. The van der Waals surface area contributed by atoms with E-state index in [0.29, 0.717) is 61.0 Å². The maximum absolute atomic E-state index is 13.9. The van der Waals surface area contributed by atoms with Crippen LogP contribution in [0, 0.1) is 11.7 Å². The third kappa shape index (κ3) is 4.38. The predicted molar refractivity (Wildman–Crippen MR) is 121 cm³/mol. The van der Waals surface area contributed by atoms with Gasteiger partial charge in [-0.15, -0.1) is 0 Å². The first-order chi connectivity index (χ1) is 15.4. The molecule has 1 fully saturated rings. The minimum atomic E-state index is -0.452. The molecule has 9 heteroatoms. The van der Waals surface area contributed by atoms with Crippen molar-refractivity contribution in [2.75, 3.05) is 38.2 Å². The molecule has 4 rings (SSSR count). The second-order valence-electron chi connectivity index (χ2n) is 8.51. The van der Waals surface area contributed by atoms with Crippen LogP contribution < -0.4 is 15.4 Å². The Morgan fingerprint density at radius 2 is 1.94 bits per heavy atom. The van der Waals surface area contributed by atoms with Crippen LogP contribution in [-0.2, 0) is 4.79 Å². The van der Waals surface area contributed by atoms with Gasteiger partial charge in [-0.05, 0) is 36.6 Å². The average Bonchev–Trinajstić information content (AvgIpc) is 3.21. The Kier molecular flexibility index (Phi) is 6.27. The van der Waals surface area contributed by atoms with E-state index in [9.17, 15) is 9.18 Å². The van der Waals surface area contributed by atoms with Gasteiger partial charge >= 0.3 is 0 Å². The van der Waals surface area contributed by atoms with Gasteiger partial charge in [0.1, 0.15) is 17.4 Å². The van der Waals surface area contributed by atoms with E-state index in [2.05, 4.69) is 23.8 Å². The van der Waals surface area contributed by atoms with Crippen molar-refractivity contribution < 1.29 is 13.9 Å². The quantitative estimate of drug-likeness (QED) is 0.634. The zero-order chi connectivity index (χ0) is 22.8. The molecule has 2 N–H and O–H groups in total. The van der Waals surface area contributed by atoms with Gasteiger partial charge in [0.15, 0.2) is 5.65 Å². The molecule has 1 aliphatic rings. The number of piperazine rings is 1. The van der Waals surface area contributed by atoms with Crippen molar-refractivity contribution in [3.05, 3.63) is 42.5 Å². The fraction of sp³-hybridized carbons (Fsp3) is 0.435. The highest BCUT2D eigenvalue weighted by Crippen LogP contribution is 2.33. The zero-order valence-corrected chi connectivity index (χ0v) is 18.7. The summed E-state index contributed by atoms with van der Waals surface area (Å²) in [5.74, 6) is 1.38. The predicted octanol–water partition coefficient (Wildman–Crippen LogP) is 2.57. The Labute approximate surface area is 186 Å². The molecular formula is C23H29FN6O2. The fourth-order valence-corrected chi connectivity index (χ4v) is 4.12. The summed E-state index contributed by atoms with van der Waals surface area (Å²) in [5.41, 5.74) is 7.99. The van der Waals surface area contributed by atoms with Crippen LogP contribution in [0.4, 0.5) is 10.2 Å². The maximum atomic E-state index is 13.9. The van der Waals surface area contributed by atoms with E-state index in [0.717, 1.165) is 5.82 Å². The molecule has 2 aromatic heterocycles. The third-order valence-corrected chi connectivity index (χ3v) is 5.76. The largest absolute Gasteiger partial charge is 0.496 e. The molecule has 0 saturated carbocycles. The summed E-state index contributed by atoms with van der Waals surface area (Å²) in [6.45, 7) is 6.66. The van der Waals surface area contributed by atoms with E-state index in [1.54, 1.807) is 23.9 Å². The van der Waals surface area contributed by atoms with Crippen molar-refractivity contribution >= 4 is 17.4 Å².